The van der Waals surface area contributed by atoms with E-state index in [-0.39, 0.29) is 0 Å². The van der Waals surface area contributed by atoms with Crippen molar-refractivity contribution >= 4 is 0 Å². The second kappa shape index (κ2) is 3.14. The Morgan fingerprint density at radius 3 is 2.36 bits per heavy atom. The Morgan fingerprint density at radius 2 is 2.00 bits per heavy atom. The molecule has 1 aliphatic carbocycles. The summed E-state index contributed by atoms with van der Waals surface area (Å²) < 4.78 is 0. The van der Waals surface area contributed by atoms with E-state index in [9.17, 15) is 0 Å². The summed E-state index contributed by atoms with van der Waals surface area (Å²) in [5, 5.41) is 3.67. The molecule has 0 aromatic rings. The predicted molar refractivity (Wildman–Crippen MR) is 49.7 cm³/mol. The Balaban J connectivity index is 2.32. The molecule has 1 N–H and O–H groups in total. The fraction of sp³-hybridized carbons (Fsp3) is 1.00. The molecule has 1 aliphatic rings. The van der Waals surface area contributed by atoms with Gasteiger partial charge in [-0.05, 0) is 46.0 Å². The zero-order valence-corrected chi connectivity index (χ0v) is 8.28. The first kappa shape index (κ1) is 9.05. The van der Waals surface area contributed by atoms with E-state index in [4.69, 9.17) is 0 Å². The summed E-state index contributed by atoms with van der Waals surface area (Å²) in [6, 6.07) is 0.672. The molecule has 0 heterocycles. The van der Waals surface area contributed by atoms with Crippen LogP contribution in [-0.4, -0.2) is 11.6 Å². The summed E-state index contributed by atoms with van der Waals surface area (Å²) in [5.41, 5.74) is 0.384. The Hall–Kier alpha value is -0.0400. The van der Waals surface area contributed by atoms with Crippen molar-refractivity contribution in [1.82, 2.24) is 5.32 Å². The van der Waals surface area contributed by atoms with Crippen LogP contribution < -0.4 is 5.32 Å². The molecule has 1 atom stereocenters. The van der Waals surface area contributed by atoms with Crippen molar-refractivity contribution in [2.24, 2.45) is 5.92 Å². The third-order valence-corrected chi connectivity index (χ3v) is 2.83. The Kier molecular flexibility index (Phi) is 2.58. The van der Waals surface area contributed by atoms with E-state index >= 15 is 0 Å². The first-order chi connectivity index (χ1) is 5.06. The summed E-state index contributed by atoms with van der Waals surface area (Å²) in [4.78, 5) is 0. The van der Waals surface area contributed by atoms with Crippen molar-refractivity contribution in [3.8, 4) is 0 Å². The van der Waals surface area contributed by atoms with Gasteiger partial charge in [-0.25, -0.2) is 0 Å². The molecule has 66 valence electrons. The van der Waals surface area contributed by atoms with Gasteiger partial charge in [-0.2, -0.15) is 0 Å². The largest absolute Gasteiger partial charge is 0.309 e. The van der Waals surface area contributed by atoms with E-state index in [0.717, 1.165) is 5.92 Å². The van der Waals surface area contributed by atoms with Crippen LogP contribution in [0.1, 0.15) is 47.0 Å². The summed E-state index contributed by atoms with van der Waals surface area (Å²) in [7, 11) is 0. The molecule has 0 bridgehead atoms. The molecule has 1 nitrogen and oxygen atoms in total. The average Bonchev–Trinajstić information content (AvgIpc) is 2.66. The summed E-state index contributed by atoms with van der Waals surface area (Å²) in [6.45, 7) is 9.17. The molecule has 0 aliphatic heterocycles. The SMILES string of the molecule is CCC(C)NC(C)(C)C1CC1. The first-order valence-electron chi connectivity index (χ1n) is 4.84. The lowest BCUT2D eigenvalue weighted by atomic mass is 9.97. The molecule has 0 aromatic carbocycles. The van der Waals surface area contributed by atoms with Crippen LogP contribution in [0.4, 0.5) is 0 Å². The zero-order valence-electron chi connectivity index (χ0n) is 8.28. The topological polar surface area (TPSA) is 12.0 Å². The molecule has 0 saturated heterocycles. The number of hydrogen-bond donors (Lipinski definition) is 1. The predicted octanol–water partition coefficient (Wildman–Crippen LogP) is 2.56. The van der Waals surface area contributed by atoms with E-state index in [2.05, 4.69) is 33.0 Å². The highest BCUT2D eigenvalue weighted by Crippen LogP contribution is 2.39. The summed E-state index contributed by atoms with van der Waals surface area (Å²) >= 11 is 0. The van der Waals surface area contributed by atoms with Gasteiger partial charge in [0, 0.05) is 11.6 Å². The summed E-state index contributed by atoms with van der Waals surface area (Å²) in [5.74, 6) is 0.941. The maximum Gasteiger partial charge on any atom is 0.0155 e. The number of rotatable bonds is 4. The highest BCUT2D eigenvalue weighted by Gasteiger charge is 2.37. The first-order valence-corrected chi connectivity index (χ1v) is 4.84. The minimum Gasteiger partial charge on any atom is -0.309 e. The van der Waals surface area contributed by atoms with Gasteiger partial charge in [0.15, 0.2) is 0 Å². The molecule has 1 rings (SSSR count). The molecule has 1 fully saturated rings. The highest BCUT2D eigenvalue weighted by atomic mass is 15.0. The van der Waals surface area contributed by atoms with E-state index in [1.54, 1.807) is 0 Å². The van der Waals surface area contributed by atoms with Crippen molar-refractivity contribution in [3.05, 3.63) is 0 Å². The van der Waals surface area contributed by atoms with Crippen LogP contribution in [0.25, 0.3) is 0 Å². The third-order valence-electron chi connectivity index (χ3n) is 2.83. The van der Waals surface area contributed by atoms with Crippen LogP contribution >= 0.6 is 0 Å². The molecular formula is C10H21N. The van der Waals surface area contributed by atoms with Gasteiger partial charge < -0.3 is 5.32 Å². The van der Waals surface area contributed by atoms with Crippen molar-refractivity contribution in [1.29, 1.82) is 0 Å². The van der Waals surface area contributed by atoms with Crippen LogP contribution in [0.5, 0.6) is 0 Å². The van der Waals surface area contributed by atoms with Gasteiger partial charge in [0.1, 0.15) is 0 Å². The fourth-order valence-corrected chi connectivity index (χ4v) is 1.66. The molecule has 1 unspecified atom stereocenters. The van der Waals surface area contributed by atoms with E-state index in [1.165, 1.54) is 19.3 Å². The lowest BCUT2D eigenvalue weighted by Crippen LogP contribution is -2.46. The van der Waals surface area contributed by atoms with Crippen molar-refractivity contribution in [2.45, 2.75) is 58.5 Å². The average molecular weight is 155 g/mol. The van der Waals surface area contributed by atoms with E-state index in [0.29, 0.717) is 11.6 Å². The standard InChI is InChI=1S/C10H21N/c1-5-8(2)11-10(3,4)9-6-7-9/h8-9,11H,5-7H2,1-4H3. The molecule has 1 heteroatoms. The van der Waals surface area contributed by atoms with Gasteiger partial charge in [0.05, 0.1) is 0 Å². The molecule has 0 radical (unpaired) electrons. The van der Waals surface area contributed by atoms with Crippen LogP contribution in [0.3, 0.4) is 0 Å². The van der Waals surface area contributed by atoms with Crippen LogP contribution in [0.15, 0.2) is 0 Å². The minimum atomic E-state index is 0.384. The molecule has 11 heavy (non-hydrogen) atoms. The van der Waals surface area contributed by atoms with Gasteiger partial charge in [-0.15, -0.1) is 0 Å². The van der Waals surface area contributed by atoms with E-state index < -0.39 is 0 Å². The van der Waals surface area contributed by atoms with Crippen LogP contribution in [0.2, 0.25) is 0 Å². The van der Waals surface area contributed by atoms with Gasteiger partial charge >= 0.3 is 0 Å². The van der Waals surface area contributed by atoms with Crippen LogP contribution in [-0.2, 0) is 0 Å². The smallest absolute Gasteiger partial charge is 0.0155 e. The van der Waals surface area contributed by atoms with Crippen molar-refractivity contribution < 1.29 is 0 Å². The highest BCUT2D eigenvalue weighted by molar-refractivity contribution is 4.95. The second-order valence-electron chi connectivity index (χ2n) is 4.45. The van der Waals surface area contributed by atoms with Gasteiger partial charge in [-0.1, -0.05) is 6.92 Å². The molecule has 0 amide bonds. The lowest BCUT2D eigenvalue weighted by molar-refractivity contribution is 0.301. The Bertz CT molecular complexity index is 125. The lowest BCUT2D eigenvalue weighted by Gasteiger charge is -2.30. The van der Waals surface area contributed by atoms with Gasteiger partial charge in [0.25, 0.3) is 0 Å². The summed E-state index contributed by atoms with van der Waals surface area (Å²) in [6.07, 6.45) is 4.09. The second-order valence-corrected chi connectivity index (χ2v) is 4.45. The van der Waals surface area contributed by atoms with Gasteiger partial charge in [-0.3, -0.25) is 0 Å². The molecule has 1 saturated carbocycles. The van der Waals surface area contributed by atoms with Crippen molar-refractivity contribution in [2.75, 3.05) is 0 Å². The Morgan fingerprint density at radius 1 is 1.45 bits per heavy atom. The molecule has 0 aromatic heterocycles. The van der Waals surface area contributed by atoms with E-state index in [1.807, 2.05) is 0 Å². The third kappa shape index (κ3) is 2.48. The maximum atomic E-state index is 3.67. The molecule has 0 spiro atoms. The molecular weight excluding hydrogens is 134 g/mol. The maximum absolute atomic E-state index is 3.67. The number of hydrogen-bond acceptors (Lipinski definition) is 1. The quantitative estimate of drug-likeness (QED) is 0.658. The fourth-order valence-electron chi connectivity index (χ4n) is 1.66. The van der Waals surface area contributed by atoms with Crippen molar-refractivity contribution in [3.63, 3.8) is 0 Å². The van der Waals surface area contributed by atoms with Gasteiger partial charge in [0.2, 0.25) is 0 Å². The van der Waals surface area contributed by atoms with Crippen LogP contribution in [0, 0.1) is 5.92 Å². The minimum absolute atomic E-state index is 0.384. The number of nitrogens with one attached hydrogen (secondary N) is 1. The zero-order chi connectivity index (χ0) is 8.48. The Labute approximate surface area is 70.6 Å². The monoisotopic (exact) mass is 155 g/mol. The normalized spacial score (nSPS) is 21.8.